The van der Waals surface area contributed by atoms with E-state index in [1.165, 1.54) is 17.5 Å². The van der Waals surface area contributed by atoms with E-state index in [2.05, 4.69) is 31.0 Å². The van der Waals surface area contributed by atoms with E-state index in [4.69, 9.17) is 0 Å². The maximum atomic E-state index is 12.5. The molecule has 114 valence electrons. The third-order valence-electron chi connectivity index (χ3n) is 2.68. The Labute approximate surface area is 137 Å². The second kappa shape index (κ2) is 6.87. The van der Waals surface area contributed by atoms with Gasteiger partial charge in [0.2, 0.25) is 0 Å². The minimum Gasteiger partial charge on any atom is -0.310 e. The van der Waals surface area contributed by atoms with Crippen molar-refractivity contribution in [3.05, 3.63) is 39.3 Å². The van der Waals surface area contributed by atoms with Crippen LogP contribution in [0.25, 0.3) is 0 Å². The molecule has 0 fully saturated rings. The number of nitrogens with one attached hydrogen (secondary N) is 2. The normalized spacial score (nSPS) is 11.8. The molecule has 2 heterocycles. The van der Waals surface area contributed by atoms with Crippen molar-refractivity contribution in [1.82, 2.24) is 10.3 Å². The molecule has 8 heteroatoms. The van der Waals surface area contributed by atoms with E-state index in [0.29, 0.717) is 27.6 Å². The van der Waals surface area contributed by atoms with E-state index in [0.717, 1.165) is 4.88 Å². The maximum absolute atomic E-state index is 12.5. The van der Waals surface area contributed by atoms with Crippen LogP contribution in [0.5, 0.6) is 0 Å². The minimum absolute atomic E-state index is 0.296. The molecule has 0 saturated carbocycles. The number of aromatic nitrogens is 1. The lowest BCUT2D eigenvalue weighted by atomic mass is 10.4. The Kier molecular flexibility index (Phi) is 5.37. The van der Waals surface area contributed by atoms with Gasteiger partial charge in [-0.1, -0.05) is 13.8 Å². The molecule has 0 aliphatic heterocycles. The fourth-order valence-corrected chi connectivity index (χ4v) is 4.61. The Bertz CT molecular complexity index is 714. The highest BCUT2D eigenvalue weighted by Gasteiger charge is 2.20. The Morgan fingerprint density at radius 2 is 2.14 bits per heavy atom. The first-order chi connectivity index (χ1) is 9.90. The van der Waals surface area contributed by atoms with Crippen LogP contribution in [0.2, 0.25) is 0 Å². The lowest BCUT2D eigenvalue weighted by molar-refractivity contribution is 0.581. The van der Waals surface area contributed by atoms with E-state index < -0.39 is 10.0 Å². The van der Waals surface area contributed by atoms with Crippen molar-refractivity contribution in [3.8, 4) is 0 Å². The molecule has 2 aromatic rings. The second-order valence-corrected chi connectivity index (χ2v) is 8.21. The van der Waals surface area contributed by atoms with Gasteiger partial charge in [-0.05, 0) is 33.4 Å². The fraction of sp³-hybridized carbons (Fsp3) is 0.308. The highest BCUT2D eigenvalue weighted by atomic mass is 79.9. The number of anilines is 1. The van der Waals surface area contributed by atoms with Crippen LogP contribution < -0.4 is 10.0 Å². The Morgan fingerprint density at radius 3 is 2.81 bits per heavy atom. The molecule has 0 atom stereocenters. The summed E-state index contributed by atoms with van der Waals surface area (Å²) < 4.78 is 28.2. The van der Waals surface area contributed by atoms with Crippen LogP contribution in [0.15, 0.2) is 39.3 Å². The highest BCUT2D eigenvalue weighted by Crippen LogP contribution is 2.27. The van der Waals surface area contributed by atoms with E-state index in [-0.39, 0.29) is 0 Å². The first kappa shape index (κ1) is 16.4. The SMILES string of the molecule is CC(C)NCc1sccc1S(=O)(=O)Nc1ccncc1Br. The lowest BCUT2D eigenvalue weighted by Crippen LogP contribution is -2.23. The van der Waals surface area contributed by atoms with Crippen molar-refractivity contribution < 1.29 is 8.42 Å². The van der Waals surface area contributed by atoms with Crippen LogP contribution in [0.4, 0.5) is 5.69 Å². The molecule has 0 unspecified atom stereocenters. The van der Waals surface area contributed by atoms with Crippen LogP contribution in [0.3, 0.4) is 0 Å². The zero-order chi connectivity index (χ0) is 15.5. The molecule has 2 rings (SSSR count). The third kappa shape index (κ3) is 4.26. The molecule has 0 aromatic carbocycles. The quantitative estimate of drug-likeness (QED) is 0.795. The number of hydrogen-bond acceptors (Lipinski definition) is 5. The molecule has 21 heavy (non-hydrogen) atoms. The van der Waals surface area contributed by atoms with Crippen LogP contribution in [-0.4, -0.2) is 19.4 Å². The number of sulfonamides is 1. The predicted molar refractivity (Wildman–Crippen MR) is 89.0 cm³/mol. The summed E-state index contributed by atoms with van der Waals surface area (Å²) in [6, 6.07) is 3.53. The summed E-state index contributed by atoms with van der Waals surface area (Å²) in [6.45, 7) is 4.57. The molecule has 0 aliphatic carbocycles. The number of hydrogen-bond donors (Lipinski definition) is 2. The Balaban J connectivity index is 2.24. The van der Waals surface area contributed by atoms with Crippen LogP contribution in [0, 0.1) is 0 Å². The summed E-state index contributed by atoms with van der Waals surface area (Å²) >= 11 is 4.71. The summed E-state index contributed by atoms with van der Waals surface area (Å²) in [6.07, 6.45) is 3.09. The smallest absolute Gasteiger partial charge is 0.263 e. The van der Waals surface area contributed by atoms with Crippen molar-refractivity contribution in [2.75, 3.05) is 4.72 Å². The van der Waals surface area contributed by atoms with Crippen LogP contribution >= 0.6 is 27.3 Å². The van der Waals surface area contributed by atoms with Gasteiger partial charge < -0.3 is 5.32 Å². The molecular formula is C13H16BrN3O2S2. The molecule has 2 N–H and O–H groups in total. The van der Waals surface area contributed by atoms with Crippen molar-refractivity contribution in [2.45, 2.75) is 31.3 Å². The highest BCUT2D eigenvalue weighted by molar-refractivity contribution is 9.10. The Hall–Kier alpha value is -0.960. The third-order valence-corrected chi connectivity index (χ3v) is 5.81. The monoisotopic (exact) mass is 389 g/mol. The topological polar surface area (TPSA) is 71.1 Å². The number of pyridine rings is 1. The fourth-order valence-electron chi connectivity index (χ4n) is 1.65. The minimum atomic E-state index is -3.61. The van der Waals surface area contributed by atoms with Crippen LogP contribution in [-0.2, 0) is 16.6 Å². The van der Waals surface area contributed by atoms with Gasteiger partial charge in [0.1, 0.15) is 4.90 Å². The summed E-state index contributed by atoms with van der Waals surface area (Å²) in [5, 5.41) is 5.02. The molecule has 0 amide bonds. The molecule has 0 bridgehead atoms. The van der Waals surface area contributed by atoms with Crippen molar-refractivity contribution in [1.29, 1.82) is 0 Å². The van der Waals surface area contributed by atoms with Crippen molar-refractivity contribution in [3.63, 3.8) is 0 Å². The number of halogens is 1. The van der Waals surface area contributed by atoms with E-state index in [9.17, 15) is 8.42 Å². The van der Waals surface area contributed by atoms with Gasteiger partial charge in [0.25, 0.3) is 10.0 Å². The first-order valence-corrected chi connectivity index (χ1v) is 9.48. The largest absolute Gasteiger partial charge is 0.310 e. The van der Waals surface area contributed by atoms with E-state index >= 15 is 0 Å². The molecule has 0 radical (unpaired) electrons. The molecule has 0 spiro atoms. The van der Waals surface area contributed by atoms with Gasteiger partial charge >= 0.3 is 0 Å². The number of nitrogens with zero attached hydrogens (tertiary/aromatic N) is 1. The summed E-state index contributed by atoms with van der Waals surface area (Å²) in [7, 11) is -3.61. The zero-order valence-electron chi connectivity index (χ0n) is 11.6. The first-order valence-electron chi connectivity index (χ1n) is 6.32. The molecule has 2 aromatic heterocycles. The average molecular weight is 390 g/mol. The Morgan fingerprint density at radius 1 is 1.38 bits per heavy atom. The predicted octanol–water partition coefficient (Wildman–Crippen LogP) is 3.20. The molecular weight excluding hydrogens is 374 g/mol. The zero-order valence-corrected chi connectivity index (χ0v) is 14.8. The molecule has 0 aliphatic rings. The van der Waals surface area contributed by atoms with Crippen molar-refractivity contribution in [2.24, 2.45) is 0 Å². The van der Waals surface area contributed by atoms with Gasteiger partial charge in [-0.3, -0.25) is 9.71 Å². The molecule has 0 saturated heterocycles. The van der Waals surface area contributed by atoms with Gasteiger partial charge in [0, 0.05) is 29.9 Å². The van der Waals surface area contributed by atoms with Crippen molar-refractivity contribution >= 4 is 43.0 Å². The van der Waals surface area contributed by atoms with Gasteiger partial charge in [-0.25, -0.2) is 8.42 Å². The van der Waals surface area contributed by atoms with Gasteiger partial charge in [-0.2, -0.15) is 0 Å². The lowest BCUT2D eigenvalue weighted by Gasteiger charge is -2.11. The average Bonchev–Trinajstić information content (AvgIpc) is 2.88. The second-order valence-electron chi connectivity index (χ2n) is 4.70. The maximum Gasteiger partial charge on any atom is 0.263 e. The number of rotatable bonds is 6. The number of thiophene rings is 1. The molecule has 5 nitrogen and oxygen atoms in total. The van der Waals surface area contributed by atoms with Gasteiger partial charge in [-0.15, -0.1) is 11.3 Å². The van der Waals surface area contributed by atoms with E-state index in [1.54, 1.807) is 23.7 Å². The van der Waals surface area contributed by atoms with Crippen LogP contribution in [0.1, 0.15) is 18.7 Å². The summed E-state index contributed by atoms with van der Waals surface area (Å²) in [4.78, 5) is 5.02. The standard InChI is InChI=1S/C13H16BrN3O2S2/c1-9(2)16-8-12-13(4-6-20-12)21(18,19)17-11-3-5-15-7-10(11)14/h3-7,9,16H,8H2,1-2H3,(H,15,17). The summed E-state index contributed by atoms with van der Waals surface area (Å²) in [5.41, 5.74) is 0.471. The summed E-state index contributed by atoms with van der Waals surface area (Å²) in [5.74, 6) is 0. The van der Waals surface area contributed by atoms with E-state index in [1.807, 2.05) is 13.8 Å². The van der Waals surface area contributed by atoms with Gasteiger partial charge in [0.05, 0.1) is 10.2 Å². The van der Waals surface area contributed by atoms with Gasteiger partial charge in [0.15, 0.2) is 0 Å².